The number of piperidine rings is 1. The minimum absolute atomic E-state index is 0.211. The van der Waals surface area contributed by atoms with Crippen molar-refractivity contribution >= 4 is 6.03 Å². The summed E-state index contributed by atoms with van der Waals surface area (Å²) in [5, 5.41) is 0. The molecule has 1 saturated heterocycles. The fraction of sp³-hybridized carbons (Fsp3) is 0.900. The maximum absolute atomic E-state index is 11.2. The van der Waals surface area contributed by atoms with Gasteiger partial charge in [-0.2, -0.15) is 0 Å². The Morgan fingerprint density at radius 1 is 1.15 bits per heavy atom. The standard InChI is InChI=1S/C10H18N2O/c11-10(13)12-7-3-5-8-4-1-2-6-9(8)12/h8-9H,1-7H2,(H2,11,13)/t8-,9-/m1/s1. The Labute approximate surface area is 79.3 Å². The van der Waals surface area contributed by atoms with Crippen molar-refractivity contribution in [3.05, 3.63) is 0 Å². The van der Waals surface area contributed by atoms with Crippen molar-refractivity contribution < 1.29 is 4.79 Å². The van der Waals surface area contributed by atoms with Gasteiger partial charge in [0.15, 0.2) is 0 Å². The smallest absolute Gasteiger partial charge is 0.315 e. The Hall–Kier alpha value is -0.730. The maximum atomic E-state index is 11.2. The monoisotopic (exact) mass is 182 g/mol. The van der Waals surface area contributed by atoms with Gasteiger partial charge in [-0.3, -0.25) is 0 Å². The lowest BCUT2D eigenvalue weighted by atomic mass is 9.78. The summed E-state index contributed by atoms with van der Waals surface area (Å²) in [5.74, 6) is 0.745. The molecular formula is C10H18N2O. The van der Waals surface area contributed by atoms with Crippen molar-refractivity contribution in [2.75, 3.05) is 6.54 Å². The molecule has 3 heteroatoms. The first-order valence-corrected chi connectivity index (χ1v) is 5.35. The zero-order chi connectivity index (χ0) is 9.26. The van der Waals surface area contributed by atoms with Crippen LogP contribution in [0, 0.1) is 5.92 Å². The maximum Gasteiger partial charge on any atom is 0.315 e. The third kappa shape index (κ3) is 1.64. The zero-order valence-electron chi connectivity index (χ0n) is 8.04. The van der Waals surface area contributed by atoms with Crippen LogP contribution in [0.3, 0.4) is 0 Å². The van der Waals surface area contributed by atoms with Crippen molar-refractivity contribution in [3.63, 3.8) is 0 Å². The van der Waals surface area contributed by atoms with Crippen LogP contribution < -0.4 is 5.73 Å². The van der Waals surface area contributed by atoms with Gasteiger partial charge in [-0.05, 0) is 31.6 Å². The molecule has 0 aromatic heterocycles. The Morgan fingerprint density at radius 3 is 2.62 bits per heavy atom. The Kier molecular flexibility index (Phi) is 2.42. The van der Waals surface area contributed by atoms with E-state index in [4.69, 9.17) is 5.73 Å². The molecule has 0 bridgehead atoms. The molecule has 0 aromatic rings. The minimum atomic E-state index is -0.211. The number of fused-ring (bicyclic) bond motifs is 1. The van der Waals surface area contributed by atoms with Crippen LogP contribution in [0.1, 0.15) is 38.5 Å². The van der Waals surface area contributed by atoms with E-state index in [-0.39, 0.29) is 6.03 Å². The van der Waals surface area contributed by atoms with Gasteiger partial charge in [0.1, 0.15) is 0 Å². The molecule has 13 heavy (non-hydrogen) atoms. The van der Waals surface area contributed by atoms with Crippen LogP contribution in [-0.4, -0.2) is 23.5 Å². The van der Waals surface area contributed by atoms with E-state index in [1.165, 1.54) is 32.1 Å². The number of urea groups is 1. The van der Waals surface area contributed by atoms with Crippen molar-refractivity contribution in [2.24, 2.45) is 11.7 Å². The molecule has 1 aliphatic heterocycles. The molecule has 2 rings (SSSR count). The predicted molar refractivity (Wildman–Crippen MR) is 51.3 cm³/mol. The van der Waals surface area contributed by atoms with Crippen molar-refractivity contribution in [2.45, 2.75) is 44.6 Å². The van der Waals surface area contributed by atoms with Gasteiger partial charge < -0.3 is 10.6 Å². The summed E-state index contributed by atoms with van der Waals surface area (Å²) in [7, 11) is 0. The third-order valence-electron chi connectivity index (χ3n) is 3.53. The number of amides is 2. The molecule has 0 radical (unpaired) electrons. The summed E-state index contributed by atoms with van der Waals surface area (Å²) >= 11 is 0. The lowest BCUT2D eigenvalue weighted by Crippen LogP contribution is -2.51. The topological polar surface area (TPSA) is 46.3 Å². The second-order valence-corrected chi connectivity index (χ2v) is 4.29. The highest BCUT2D eigenvalue weighted by molar-refractivity contribution is 5.72. The van der Waals surface area contributed by atoms with Gasteiger partial charge in [-0.1, -0.05) is 12.8 Å². The van der Waals surface area contributed by atoms with Gasteiger partial charge in [-0.15, -0.1) is 0 Å². The fourth-order valence-electron chi connectivity index (χ4n) is 2.90. The van der Waals surface area contributed by atoms with E-state index < -0.39 is 0 Å². The Bertz CT molecular complexity index is 203. The molecule has 74 valence electrons. The van der Waals surface area contributed by atoms with Crippen LogP contribution in [0.15, 0.2) is 0 Å². The van der Waals surface area contributed by atoms with Gasteiger partial charge in [0.2, 0.25) is 0 Å². The van der Waals surface area contributed by atoms with E-state index in [0.29, 0.717) is 6.04 Å². The van der Waals surface area contributed by atoms with E-state index >= 15 is 0 Å². The molecular weight excluding hydrogens is 164 g/mol. The molecule has 1 heterocycles. The van der Waals surface area contributed by atoms with Crippen molar-refractivity contribution in [1.29, 1.82) is 0 Å². The van der Waals surface area contributed by atoms with Crippen molar-refractivity contribution in [3.8, 4) is 0 Å². The van der Waals surface area contributed by atoms with Crippen LogP contribution in [-0.2, 0) is 0 Å². The number of nitrogens with two attached hydrogens (primary N) is 1. The summed E-state index contributed by atoms with van der Waals surface area (Å²) in [6.45, 7) is 0.885. The predicted octanol–water partition coefficient (Wildman–Crippen LogP) is 1.72. The van der Waals surface area contributed by atoms with E-state index in [9.17, 15) is 4.79 Å². The van der Waals surface area contributed by atoms with Crippen LogP contribution in [0.5, 0.6) is 0 Å². The summed E-state index contributed by atoms with van der Waals surface area (Å²) in [4.78, 5) is 13.1. The number of hydrogen-bond acceptors (Lipinski definition) is 1. The number of primary amides is 1. The number of carbonyl (C=O) groups excluding carboxylic acids is 1. The molecule has 2 fully saturated rings. The minimum Gasteiger partial charge on any atom is -0.351 e. The summed E-state index contributed by atoms with van der Waals surface area (Å²) in [5.41, 5.74) is 5.36. The van der Waals surface area contributed by atoms with Crippen molar-refractivity contribution in [1.82, 2.24) is 4.90 Å². The van der Waals surface area contributed by atoms with E-state index in [1.54, 1.807) is 0 Å². The first-order valence-electron chi connectivity index (χ1n) is 5.35. The molecule has 2 N–H and O–H groups in total. The average Bonchev–Trinajstić information content (AvgIpc) is 2.17. The quantitative estimate of drug-likeness (QED) is 0.609. The van der Waals surface area contributed by atoms with Gasteiger partial charge in [0.05, 0.1) is 0 Å². The van der Waals surface area contributed by atoms with Gasteiger partial charge >= 0.3 is 6.03 Å². The molecule has 3 nitrogen and oxygen atoms in total. The van der Waals surface area contributed by atoms with E-state index in [0.717, 1.165) is 18.9 Å². The van der Waals surface area contributed by atoms with Crippen LogP contribution in [0.2, 0.25) is 0 Å². The molecule has 1 saturated carbocycles. The highest BCUT2D eigenvalue weighted by atomic mass is 16.2. The van der Waals surface area contributed by atoms with Crippen LogP contribution in [0.4, 0.5) is 4.79 Å². The summed E-state index contributed by atoms with van der Waals surface area (Å²) < 4.78 is 0. The molecule has 2 aliphatic rings. The number of rotatable bonds is 0. The van der Waals surface area contributed by atoms with E-state index in [2.05, 4.69) is 0 Å². The van der Waals surface area contributed by atoms with Gasteiger partial charge in [0, 0.05) is 12.6 Å². The van der Waals surface area contributed by atoms with Crippen LogP contribution in [0.25, 0.3) is 0 Å². The molecule has 2 amide bonds. The third-order valence-corrected chi connectivity index (χ3v) is 3.53. The lowest BCUT2D eigenvalue weighted by Gasteiger charge is -2.43. The highest BCUT2D eigenvalue weighted by Crippen LogP contribution is 2.34. The molecule has 0 spiro atoms. The normalized spacial score (nSPS) is 34.0. The van der Waals surface area contributed by atoms with Gasteiger partial charge in [0.25, 0.3) is 0 Å². The number of likely N-dealkylation sites (tertiary alicyclic amines) is 1. The van der Waals surface area contributed by atoms with Gasteiger partial charge in [-0.25, -0.2) is 4.79 Å². The summed E-state index contributed by atoms with van der Waals surface area (Å²) in [6, 6.07) is 0.261. The summed E-state index contributed by atoms with van der Waals surface area (Å²) in [6.07, 6.45) is 7.53. The average molecular weight is 182 g/mol. The lowest BCUT2D eigenvalue weighted by molar-refractivity contribution is 0.0888. The number of hydrogen-bond donors (Lipinski definition) is 1. The Morgan fingerprint density at radius 2 is 1.85 bits per heavy atom. The van der Waals surface area contributed by atoms with E-state index in [1.807, 2.05) is 4.90 Å². The highest BCUT2D eigenvalue weighted by Gasteiger charge is 2.34. The SMILES string of the molecule is NC(=O)N1CCC[C@H]2CCCC[C@H]21. The number of carbonyl (C=O) groups is 1. The molecule has 0 unspecified atom stereocenters. The molecule has 1 aliphatic carbocycles. The first-order chi connectivity index (χ1) is 6.29. The second kappa shape index (κ2) is 3.56. The Balaban J connectivity index is 2.06. The number of nitrogens with zero attached hydrogens (tertiary/aromatic N) is 1. The fourth-order valence-corrected chi connectivity index (χ4v) is 2.90. The molecule has 2 atom stereocenters. The molecule has 0 aromatic carbocycles. The first kappa shape index (κ1) is 8.85. The largest absolute Gasteiger partial charge is 0.351 e. The zero-order valence-corrected chi connectivity index (χ0v) is 8.04. The van der Waals surface area contributed by atoms with Crippen LogP contribution >= 0.6 is 0 Å². The second-order valence-electron chi connectivity index (χ2n) is 4.29.